The van der Waals surface area contributed by atoms with Gasteiger partial charge in [-0.2, -0.15) is 8.42 Å². The fourth-order valence-corrected chi connectivity index (χ4v) is 2.40. The summed E-state index contributed by atoms with van der Waals surface area (Å²) in [6.45, 7) is 4.87. The number of carboxylic acid groups (broad SMARTS) is 1. The van der Waals surface area contributed by atoms with Gasteiger partial charge < -0.3 is 15.2 Å². The number of amides is 1. The fraction of sp³-hybridized carbons (Fsp3) is 0.429. The molecule has 0 fully saturated rings. The summed E-state index contributed by atoms with van der Waals surface area (Å²) in [6, 6.07) is 6.31. The minimum Gasteiger partial charge on any atom is -0.480 e. The number of aliphatic carboxylic acids is 1. The third-order valence-corrected chi connectivity index (χ3v) is 3.34. The van der Waals surface area contributed by atoms with Crippen molar-refractivity contribution in [2.45, 2.75) is 32.9 Å². The Morgan fingerprint density at radius 3 is 2.50 bits per heavy atom. The molecule has 0 bridgehead atoms. The number of carbonyl (C=O) groups is 2. The molecule has 0 unspecified atom stereocenters. The van der Waals surface area contributed by atoms with E-state index in [0.717, 1.165) is 0 Å². The van der Waals surface area contributed by atoms with Crippen LogP contribution in [0, 0.1) is 0 Å². The number of carbonyl (C=O) groups excluding carboxylic acids is 1. The molecule has 1 aromatic rings. The van der Waals surface area contributed by atoms with E-state index < -0.39 is 27.9 Å². The smallest absolute Gasteiger partial charge is 0.422 e. The highest BCUT2D eigenvalue weighted by Gasteiger charge is 2.21. The number of anilines is 1. The first kappa shape index (κ1) is 19.7. The summed E-state index contributed by atoms with van der Waals surface area (Å²) in [5.74, 6) is -0.992. The normalized spacial score (nSPS) is 11.6. The van der Waals surface area contributed by atoms with Crippen LogP contribution in [0.3, 0.4) is 0 Å². The van der Waals surface area contributed by atoms with Gasteiger partial charge in [0.2, 0.25) is 0 Å². The highest BCUT2D eigenvalue weighted by atomic mass is 32.2. The Labute approximate surface area is 140 Å². The molecule has 0 radical (unpaired) electrons. The SMILES string of the molecule is CC(C)(C)OC(=O)NS(=O)(=O)Nc1cccc(CNCC(=O)O)c1. The number of benzene rings is 1. The minimum absolute atomic E-state index is 0.212. The monoisotopic (exact) mass is 359 g/mol. The van der Waals surface area contributed by atoms with Crippen LogP contribution in [0.2, 0.25) is 0 Å². The Kier molecular flexibility index (Phi) is 6.55. The van der Waals surface area contributed by atoms with Crippen molar-refractivity contribution >= 4 is 28.0 Å². The summed E-state index contributed by atoms with van der Waals surface area (Å²) in [5.41, 5.74) is 0.0735. The summed E-state index contributed by atoms with van der Waals surface area (Å²) >= 11 is 0. The van der Waals surface area contributed by atoms with Crippen LogP contribution in [0.15, 0.2) is 24.3 Å². The zero-order valence-corrected chi connectivity index (χ0v) is 14.4. The van der Waals surface area contributed by atoms with Crippen LogP contribution in [0.25, 0.3) is 0 Å². The van der Waals surface area contributed by atoms with Gasteiger partial charge in [0.05, 0.1) is 12.2 Å². The van der Waals surface area contributed by atoms with E-state index in [1.807, 2.05) is 0 Å². The van der Waals surface area contributed by atoms with Crippen molar-refractivity contribution in [2.75, 3.05) is 11.3 Å². The lowest BCUT2D eigenvalue weighted by Gasteiger charge is -2.19. The number of nitrogens with one attached hydrogen (secondary N) is 3. The second-order valence-corrected chi connectivity index (χ2v) is 7.32. The second-order valence-electron chi connectivity index (χ2n) is 5.91. The summed E-state index contributed by atoms with van der Waals surface area (Å²) in [7, 11) is -4.15. The first-order valence-electron chi connectivity index (χ1n) is 7.02. The van der Waals surface area contributed by atoms with Crippen LogP contribution in [-0.4, -0.2) is 37.7 Å². The molecular formula is C14H21N3O6S. The van der Waals surface area contributed by atoms with Crippen molar-refractivity contribution in [3.05, 3.63) is 29.8 Å². The van der Waals surface area contributed by atoms with Gasteiger partial charge >= 0.3 is 22.3 Å². The largest absolute Gasteiger partial charge is 0.480 e. The maximum absolute atomic E-state index is 11.9. The van der Waals surface area contributed by atoms with Gasteiger partial charge in [0.15, 0.2) is 0 Å². The molecule has 0 aromatic heterocycles. The van der Waals surface area contributed by atoms with Gasteiger partial charge in [0, 0.05) is 6.54 Å². The maximum Gasteiger partial charge on any atom is 0.422 e. The van der Waals surface area contributed by atoms with Crippen LogP contribution >= 0.6 is 0 Å². The average molecular weight is 359 g/mol. The molecule has 0 saturated heterocycles. The van der Waals surface area contributed by atoms with E-state index in [1.54, 1.807) is 37.6 Å². The van der Waals surface area contributed by atoms with E-state index in [-0.39, 0.29) is 18.8 Å². The van der Waals surface area contributed by atoms with Crippen LogP contribution in [0.4, 0.5) is 10.5 Å². The fourth-order valence-electron chi connectivity index (χ4n) is 1.65. The zero-order chi connectivity index (χ0) is 18.4. The standard InChI is InChI=1S/C14H21N3O6S/c1-14(2,3)23-13(20)17-24(21,22)16-11-6-4-5-10(7-11)8-15-9-12(18)19/h4-7,15-16H,8-9H2,1-3H3,(H,17,20)(H,18,19). The van der Waals surface area contributed by atoms with E-state index >= 15 is 0 Å². The molecule has 0 aliphatic carbocycles. The molecule has 24 heavy (non-hydrogen) atoms. The first-order valence-corrected chi connectivity index (χ1v) is 8.50. The summed E-state index contributed by atoms with van der Waals surface area (Å²) in [5, 5.41) is 11.2. The zero-order valence-electron chi connectivity index (χ0n) is 13.6. The lowest BCUT2D eigenvalue weighted by molar-refractivity contribution is -0.136. The molecule has 0 spiro atoms. The predicted molar refractivity (Wildman–Crippen MR) is 87.7 cm³/mol. The quantitative estimate of drug-likeness (QED) is 0.571. The molecule has 0 saturated carbocycles. The summed E-state index contributed by atoms with van der Waals surface area (Å²) in [6.07, 6.45) is -1.09. The molecule has 0 heterocycles. The third kappa shape index (κ3) is 8.34. The Hall–Kier alpha value is -2.33. The van der Waals surface area contributed by atoms with Crippen molar-refractivity contribution in [3.8, 4) is 0 Å². The Morgan fingerprint density at radius 1 is 1.25 bits per heavy atom. The van der Waals surface area contributed by atoms with Gasteiger partial charge in [-0.25, -0.2) is 9.52 Å². The van der Waals surface area contributed by atoms with Gasteiger partial charge in [0.25, 0.3) is 0 Å². The van der Waals surface area contributed by atoms with E-state index in [1.165, 1.54) is 12.1 Å². The molecular weight excluding hydrogens is 338 g/mol. The van der Waals surface area contributed by atoms with Crippen molar-refractivity contribution in [1.29, 1.82) is 0 Å². The molecule has 9 nitrogen and oxygen atoms in total. The van der Waals surface area contributed by atoms with Crippen molar-refractivity contribution in [1.82, 2.24) is 10.0 Å². The minimum atomic E-state index is -4.15. The molecule has 1 aromatic carbocycles. The molecule has 4 N–H and O–H groups in total. The molecule has 0 aliphatic rings. The molecule has 1 rings (SSSR count). The van der Waals surface area contributed by atoms with Crippen molar-refractivity contribution < 1.29 is 27.9 Å². The summed E-state index contributed by atoms with van der Waals surface area (Å²) < 4.78 is 32.6. The van der Waals surface area contributed by atoms with E-state index in [0.29, 0.717) is 5.56 Å². The number of ether oxygens (including phenoxy) is 1. The van der Waals surface area contributed by atoms with E-state index in [4.69, 9.17) is 9.84 Å². The van der Waals surface area contributed by atoms with Gasteiger partial charge in [-0.1, -0.05) is 12.1 Å². The van der Waals surface area contributed by atoms with Crippen molar-refractivity contribution in [3.63, 3.8) is 0 Å². The number of rotatable bonds is 7. The average Bonchev–Trinajstić information content (AvgIpc) is 2.34. The van der Waals surface area contributed by atoms with Crippen LogP contribution in [-0.2, 0) is 26.3 Å². The maximum atomic E-state index is 11.9. The lowest BCUT2D eigenvalue weighted by Crippen LogP contribution is -2.39. The molecule has 10 heteroatoms. The van der Waals surface area contributed by atoms with Gasteiger partial charge in [-0.05, 0) is 38.5 Å². The van der Waals surface area contributed by atoms with Crippen LogP contribution in [0.1, 0.15) is 26.3 Å². The molecule has 0 atom stereocenters. The van der Waals surface area contributed by atoms with Gasteiger partial charge in [0.1, 0.15) is 5.60 Å². The van der Waals surface area contributed by atoms with Crippen molar-refractivity contribution in [2.24, 2.45) is 0 Å². The molecule has 1 amide bonds. The third-order valence-electron chi connectivity index (χ3n) is 2.40. The Balaban J connectivity index is 2.67. The van der Waals surface area contributed by atoms with E-state index in [2.05, 4.69) is 10.0 Å². The Morgan fingerprint density at radius 2 is 1.92 bits per heavy atom. The Bertz CT molecular complexity index is 697. The van der Waals surface area contributed by atoms with E-state index in [9.17, 15) is 18.0 Å². The van der Waals surface area contributed by atoms with Gasteiger partial charge in [-0.15, -0.1) is 0 Å². The van der Waals surface area contributed by atoms with Gasteiger partial charge in [-0.3, -0.25) is 9.52 Å². The number of carboxylic acids is 1. The first-order chi connectivity index (χ1) is 11.0. The number of hydrogen-bond donors (Lipinski definition) is 4. The number of hydrogen-bond acceptors (Lipinski definition) is 6. The molecule has 0 aliphatic heterocycles. The predicted octanol–water partition coefficient (Wildman–Crippen LogP) is 1.04. The highest BCUT2D eigenvalue weighted by molar-refractivity contribution is 7.91. The topological polar surface area (TPSA) is 134 Å². The van der Waals surface area contributed by atoms with Crippen LogP contribution in [0.5, 0.6) is 0 Å². The second kappa shape index (κ2) is 7.97. The summed E-state index contributed by atoms with van der Waals surface area (Å²) in [4.78, 5) is 22.0. The molecule has 134 valence electrons. The highest BCUT2D eigenvalue weighted by Crippen LogP contribution is 2.12. The lowest BCUT2D eigenvalue weighted by atomic mass is 10.2. The van der Waals surface area contributed by atoms with Crippen LogP contribution < -0.4 is 14.8 Å².